The van der Waals surface area contributed by atoms with E-state index in [1.807, 2.05) is 13.8 Å². The molecule has 12 heteroatoms. The van der Waals surface area contributed by atoms with E-state index in [1.54, 1.807) is 43.3 Å². The predicted molar refractivity (Wildman–Crippen MR) is 163 cm³/mol. The Hall–Kier alpha value is -2.98. The molecule has 220 valence electrons. The SMILES string of the molecule is CCC(C)NC(=O)C(C)N(Cc1ccc(Cl)cc1Cl)C(=O)CN(c1cc(Cl)ccc1OC)S(=O)(=O)c1ccccc1. The zero-order valence-electron chi connectivity index (χ0n) is 23.1. The first-order valence-electron chi connectivity index (χ1n) is 12.8. The molecule has 2 amide bonds. The highest BCUT2D eigenvalue weighted by Crippen LogP contribution is 2.35. The highest BCUT2D eigenvalue weighted by molar-refractivity contribution is 7.92. The summed E-state index contributed by atoms with van der Waals surface area (Å²) in [6, 6.07) is 15.9. The molecule has 1 N–H and O–H groups in total. The second-order valence-electron chi connectivity index (χ2n) is 9.39. The van der Waals surface area contributed by atoms with Crippen molar-refractivity contribution in [3.63, 3.8) is 0 Å². The average molecular weight is 641 g/mol. The zero-order valence-corrected chi connectivity index (χ0v) is 26.2. The maximum atomic E-state index is 14.1. The number of carbonyl (C=O) groups is 2. The number of anilines is 1. The summed E-state index contributed by atoms with van der Waals surface area (Å²) >= 11 is 18.7. The Morgan fingerprint density at radius 2 is 1.59 bits per heavy atom. The smallest absolute Gasteiger partial charge is 0.264 e. The molecular formula is C29H32Cl3N3O5S. The van der Waals surface area contributed by atoms with Crippen LogP contribution < -0.4 is 14.4 Å². The predicted octanol–water partition coefficient (Wildman–Crippen LogP) is 6.18. The molecule has 0 saturated heterocycles. The Kier molecular flexibility index (Phi) is 11.3. The molecule has 0 fully saturated rings. The molecule has 0 aliphatic carbocycles. The van der Waals surface area contributed by atoms with E-state index in [0.29, 0.717) is 22.0 Å². The molecule has 2 atom stereocenters. The highest BCUT2D eigenvalue weighted by Gasteiger charge is 2.34. The molecule has 3 aromatic rings. The normalized spacial score (nSPS) is 12.8. The molecule has 2 unspecified atom stereocenters. The number of rotatable bonds is 12. The number of hydrogen-bond acceptors (Lipinski definition) is 5. The molecule has 0 heterocycles. The number of carbonyl (C=O) groups excluding carboxylic acids is 2. The van der Waals surface area contributed by atoms with Crippen molar-refractivity contribution < 1.29 is 22.7 Å². The van der Waals surface area contributed by atoms with Crippen molar-refractivity contribution in [3.05, 3.63) is 87.4 Å². The van der Waals surface area contributed by atoms with E-state index in [9.17, 15) is 18.0 Å². The van der Waals surface area contributed by atoms with Gasteiger partial charge >= 0.3 is 0 Å². The summed E-state index contributed by atoms with van der Waals surface area (Å²) in [5, 5.41) is 3.84. The van der Waals surface area contributed by atoms with E-state index in [4.69, 9.17) is 39.5 Å². The third-order valence-corrected chi connectivity index (χ3v) is 9.14. The lowest BCUT2D eigenvalue weighted by molar-refractivity contribution is -0.139. The summed E-state index contributed by atoms with van der Waals surface area (Å²) in [5.74, 6) is -0.850. The molecule has 0 bridgehead atoms. The number of ether oxygens (including phenoxy) is 1. The monoisotopic (exact) mass is 639 g/mol. The third-order valence-electron chi connectivity index (χ3n) is 6.54. The number of benzene rings is 3. The summed E-state index contributed by atoms with van der Waals surface area (Å²) in [7, 11) is -2.90. The van der Waals surface area contributed by atoms with Gasteiger partial charge in [0.1, 0.15) is 18.3 Å². The van der Waals surface area contributed by atoms with Gasteiger partial charge in [0, 0.05) is 27.7 Å². The largest absolute Gasteiger partial charge is 0.495 e. The standard InChI is InChI=1S/C29H32Cl3N3O5S/c1-5-19(2)33-29(37)20(3)34(17-21-11-12-22(30)15-25(21)32)28(36)18-35(26-16-23(31)13-14-27(26)40-4)41(38,39)24-9-7-6-8-10-24/h6-16,19-20H,5,17-18H2,1-4H3,(H,33,37). The number of hydrogen-bond donors (Lipinski definition) is 1. The number of sulfonamides is 1. The summed E-state index contributed by atoms with van der Waals surface area (Å²) in [4.78, 5) is 28.5. The van der Waals surface area contributed by atoms with Crippen molar-refractivity contribution in [1.82, 2.24) is 10.2 Å². The van der Waals surface area contributed by atoms with Crippen LogP contribution in [0, 0.1) is 0 Å². The van der Waals surface area contributed by atoms with Gasteiger partial charge in [-0.25, -0.2) is 8.42 Å². The summed E-state index contributed by atoms with van der Waals surface area (Å²) < 4.78 is 34.3. The van der Waals surface area contributed by atoms with Gasteiger partial charge < -0.3 is 15.0 Å². The second kappa shape index (κ2) is 14.3. The minimum absolute atomic E-state index is 0.0373. The van der Waals surface area contributed by atoms with Crippen LogP contribution in [0.25, 0.3) is 0 Å². The lowest BCUT2D eigenvalue weighted by Crippen LogP contribution is -2.52. The minimum atomic E-state index is -4.28. The van der Waals surface area contributed by atoms with Crippen molar-refractivity contribution in [1.29, 1.82) is 0 Å². The van der Waals surface area contributed by atoms with Crippen molar-refractivity contribution >= 4 is 62.3 Å². The van der Waals surface area contributed by atoms with Crippen LogP contribution in [-0.4, -0.2) is 50.9 Å². The van der Waals surface area contributed by atoms with Gasteiger partial charge in [0.25, 0.3) is 10.0 Å². The summed E-state index contributed by atoms with van der Waals surface area (Å²) in [6.07, 6.45) is 0.688. The number of halogens is 3. The van der Waals surface area contributed by atoms with Crippen LogP contribution >= 0.6 is 34.8 Å². The molecule has 8 nitrogen and oxygen atoms in total. The Morgan fingerprint density at radius 3 is 2.20 bits per heavy atom. The fourth-order valence-electron chi connectivity index (χ4n) is 3.97. The van der Waals surface area contributed by atoms with Crippen LogP contribution in [0.3, 0.4) is 0 Å². The molecule has 0 saturated carbocycles. The Bertz CT molecular complexity index is 1490. The van der Waals surface area contributed by atoms with Crippen LogP contribution in [0.2, 0.25) is 15.1 Å². The fourth-order valence-corrected chi connectivity index (χ4v) is 6.04. The molecule has 0 aliphatic heterocycles. The van der Waals surface area contributed by atoms with Gasteiger partial charge in [-0.2, -0.15) is 0 Å². The van der Waals surface area contributed by atoms with E-state index >= 15 is 0 Å². The zero-order chi connectivity index (χ0) is 30.3. The molecule has 0 spiro atoms. The molecule has 0 aliphatic rings. The second-order valence-corrected chi connectivity index (χ2v) is 12.5. The summed E-state index contributed by atoms with van der Waals surface area (Å²) in [5.41, 5.74) is 0.601. The van der Waals surface area contributed by atoms with Gasteiger partial charge in [-0.3, -0.25) is 13.9 Å². The van der Waals surface area contributed by atoms with E-state index in [-0.39, 0.29) is 33.9 Å². The maximum Gasteiger partial charge on any atom is 0.264 e. The maximum absolute atomic E-state index is 14.1. The first-order chi connectivity index (χ1) is 19.4. The third kappa shape index (κ3) is 8.07. The Labute approximate surface area is 256 Å². The van der Waals surface area contributed by atoms with Crippen LogP contribution in [0.15, 0.2) is 71.6 Å². The Balaban J connectivity index is 2.10. The minimum Gasteiger partial charge on any atom is -0.495 e. The van der Waals surface area contributed by atoms with Crippen molar-refractivity contribution in [2.75, 3.05) is 18.0 Å². The molecule has 41 heavy (non-hydrogen) atoms. The van der Waals surface area contributed by atoms with Gasteiger partial charge in [0.2, 0.25) is 11.8 Å². The van der Waals surface area contributed by atoms with Crippen molar-refractivity contribution in [3.8, 4) is 5.75 Å². The molecule has 3 rings (SSSR count). The summed E-state index contributed by atoms with van der Waals surface area (Å²) in [6.45, 7) is 4.63. The van der Waals surface area contributed by atoms with E-state index in [0.717, 1.165) is 4.31 Å². The van der Waals surface area contributed by atoms with Crippen molar-refractivity contribution in [2.24, 2.45) is 0 Å². The molecular weight excluding hydrogens is 609 g/mol. The van der Waals surface area contributed by atoms with Gasteiger partial charge in [-0.05, 0) is 68.3 Å². The van der Waals surface area contributed by atoms with Gasteiger partial charge in [-0.1, -0.05) is 66.0 Å². The number of nitrogens with one attached hydrogen (secondary N) is 1. The van der Waals surface area contributed by atoms with Gasteiger partial charge in [0.15, 0.2) is 0 Å². The quantitative estimate of drug-likeness (QED) is 0.255. The molecule has 0 radical (unpaired) electrons. The van der Waals surface area contributed by atoms with E-state index in [1.165, 1.54) is 42.3 Å². The van der Waals surface area contributed by atoms with Crippen LogP contribution in [0.1, 0.15) is 32.8 Å². The van der Waals surface area contributed by atoms with Crippen LogP contribution in [0.5, 0.6) is 5.75 Å². The van der Waals surface area contributed by atoms with Crippen LogP contribution in [-0.2, 0) is 26.2 Å². The topological polar surface area (TPSA) is 96.0 Å². The number of amides is 2. The lowest BCUT2D eigenvalue weighted by atomic mass is 10.1. The average Bonchev–Trinajstić information content (AvgIpc) is 2.95. The van der Waals surface area contributed by atoms with Gasteiger partial charge in [0.05, 0.1) is 17.7 Å². The highest BCUT2D eigenvalue weighted by atomic mass is 35.5. The number of methoxy groups -OCH3 is 1. The van der Waals surface area contributed by atoms with E-state index < -0.39 is 34.4 Å². The Morgan fingerprint density at radius 1 is 0.951 bits per heavy atom. The first-order valence-corrected chi connectivity index (χ1v) is 15.4. The molecule has 0 aromatic heterocycles. The first kappa shape index (κ1) is 32.5. The lowest BCUT2D eigenvalue weighted by Gasteiger charge is -2.33. The number of nitrogens with zero attached hydrogens (tertiary/aromatic N) is 2. The fraction of sp³-hybridized carbons (Fsp3) is 0.310. The van der Waals surface area contributed by atoms with Crippen molar-refractivity contribution in [2.45, 2.75) is 50.7 Å². The molecule has 3 aromatic carbocycles. The van der Waals surface area contributed by atoms with Crippen LogP contribution in [0.4, 0.5) is 5.69 Å². The van der Waals surface area contributed by atoms with E-state index in [2.05, 4.69) is 5.32 Å². The van der Waals surface area contributed by atoms with Gasteiger partial charge in [-0.15, -0.1) is 0 Å².